The normalized spacial score (nSPS) is 10.9. The molecule has 0 aliphatic heterocycles. The molecule has 3 heterocycles. The molecule has 0 saturated heterocycles. The Balaban J connectivity index is 1.80. The molecule has 2 N–H and O–H groups in total. The fourth-order valence-corrected chi connectivity index (χ4v) is 3.14. The van der Waals surface area contributed by atoms with Gasteiger partial charge in [0.15, 0.2) is 11.6 Å². The van der Waals surface area contributed by atoms with Gasteiger partial charge in [0.1, 0.15) is 5.65 Å². The number of aryl methyl sites for hydroxylation is 3. The molecular formula is C18H21N5O3. The van der Waals surface area contributed by atoms with E-state index in [0.717, 1.165) is 16.6 Å². The number of carbonyl (C=O) groups is 1. The van der Waals surface area contributed by atoms with Gasteiger partial charge in [-0.05, 0) is 38.0 Å². The molecule has 0 bridgehead atoms. The van der Waals surface area contributed by atoms with E-state index in [2.05, 4.69) is 20.4 Å². The summed E-state index contributed by atoms with van der Waals surface area (Å²) < 4.78 is 6.83. The van der Waals surface area contributed by atoms with Crippen molar-refractivity contribution >= 4 is 22.8 Å². The molecule has 0 atom stereocenters. The summed E-state index contributed by atoms with van der Waals surface area (Å²) in [7, 11) is 3.30. The van der Waals surface area contributed by atoms with Crippen LogP contribution in [0.2, 0.25) is 0 Å². The van der Waals surface area contributed by atoms with Gasteiger partial charge in [0, 0.05) is 30.6 Å². The van der Waals surface area contributed by atoms with Gasteiger partial charge in [0.2, 0.25) is 5.91 Å². The number of fused-ring (bicyclic) bond motifs is 1. The average molecular weight is 355 g/mol. The molecule has 0 saturated carbocycles. The molecule has 0 unspecified atom stereocenters. The van der Waals surface area contributed by atoms with Crippen molar-refractivity contribution in [3.05, 3.63) is 45.5 Å². The van der Waals surface area contributed by atoms with Crippen LogP contribution in [0, 0.1) is 13.8 Å². The van der Waals surface area contributed by atoms with Crippen LogP contribution in [-0.4, -0.2) is 32.8 Å². The SMILES string of the molecule is COc1cccnc1NC(=O)CCc1c(C)c2c(C)nn(C)c2[nH]c1=O. The number of amides is 1. The van der Waals surface area contributed by atoms with Gasteiger partial charge in [-0.2, -0.15) is 5.10 Å². The van der Waals surface area contributed by atoms with Gasteiger partial charge in [-0.25, -0.2) is 4.98 Å². The first-order valence-corrected chi connectivity index (χ1v) is 8.26. The van der Waals surface area contributed by atoms with E-state index in [1.54, 1.807) is 30.1 Å². The molecule has 8 nitrogen and oxygen atoms in total. The molecule has 1 amide bonds. The van der Waals surface area contributed by atoms with Crippen molar-refractivity contribution in [1.82, 2.24) is 19.7 Å². The van der Waals surface area contributed by atoms with Gasteiger partial charge in [-0.15, -0.1) is 0 Å². The summed E-state index contributed by atoms with van der Waals surface area (Å²) in [6, 6.07) is 3.44. The number of carbonyl (C=O) groups excluding carboxylic acids is 1. The number of nitrogens with zero attached hydrogens (tertiary/aromatic N) is 3. The minimum Gasteiger partial charge on any atom is -0.493 e. The van der Waals surface area contributed by atoms with Crippen molar-refractivity contribution in [3.63, 3.8) is 0 Å². The predicted molar refractivity (Wildman–Crippen MR) is 98.5 cm³/mol. The van der Waals surface area contributed by atoms with Crippen LogP contribution in [0.4, 0.5) is 5.82 Å². The maximum absolute atomic E-state index is 12.4. The fraction of sp³-hybridized carbons (Fsp3) is 0.333. The van der Waals surface area contributed by atoms with E-state index in [1.807, 2.05) is 13.8 Å². The molecule has 3 aromatic rings. The molecule has 3 aromatic heterocycles. The maximum Gasteiger partial charge on any atom is 0.253 e. The number of pyridine rings is 2. The third-order valence-corrected chi connectivity index (χ3v) is 4.41. The van der Waals surface area contributed by atoms with E-state index in [1.165, 1.54) is 7.11 Å². The lowest BCUT2D eigenvalue weighted by atomic mass is 10.0. The Morgan fingerprint density at radius 3 is 2.88 bits per heavy atom. The second-order valence-corrected chi connectivity index (χ2v) is 6.09. The van der Waals surface area contributed by atoms with Gasteiger partial charge in [-0.3, -0.25) is 14.3 Å². The number of hydrogen-bond acceptors (Lipinski definition) is 5. The molecule has 0 aliphatic carbocycles. The second kappa shape index (κ2) is 6.99. The maximum atomic E-state index is 12.4. The van der Waals surface area contributed by atoms with E-state index in [-0.39, 0.29) is 17.9 Å². The highest BCUT2D eigenvalue weighted by molar-refractivity contribution is 5.91. The Hall–Kier alpha value is -3.16. The van der Waals surface area contributed by atoms with Crippen LogP contribution in [0.3, 0.4) is 0 Å². The Labute approximate surface area is 150 Å². The first-order valence-electron chi connectivity index (χ1n) is 8.26. The predicted octanol–water partition coefficient (Wildman–Crippen LogP) is 1.85. The van der Waals surface area contributed by atoms with E-state index in [9.17, 15) is 9.59 Å². The first-order chi connectivity index (χ1) is 12.4. The lowest BCUT2D eigenvalue weighted by Crippen LogP contribution is -2.19. The monoisotopic (exact) mass is 355 g/mol. The van der Waals surface area contributed by atoms with Crippen LogP contribution >= 0.6 is 0 Å². The van der Waals surface area contributed by atoms with Crippen LogP contribution in [0.15, 0.2) is 23.1 Å². The van der Waals surface area contributed by atoms with Crippen molar-refractivity contribution in [3.8, 4) is 5.75 Å². The zero-order chi connectivity index (χ0) is 18.8. The van der Waals surface area contributed by atoms with E-state index in [4.69, 9.17) is 4.74 Å². The Bertz CT molecular complexity index is 1040. The molecule has 0 aliphatic rings. The number of hydrogen-bond donors (Lipinski definition) is 2. The van der Waals surface area contributed by atoms with Crippen LogP contribution in [0.5, 0.6) is 5.75 Å². The Morgan fingerprint density at radius 2 is 2.15 bits per heavy atom. The van der Waals surface area contributed by atoms with Crippen molar-refractivity contribution in [2.75, 3.05) is 12.4 Å². The second-order valence-electron chi connectivity index (χ2n) is 6.09. The third kappa shape index (κ3) is 3.17. The molecule has 8 heteroatoms. The number of H-pyrrole nitrogens is 1. The molecule has 0 spiro atoms. The van der Waals surface area contributed by atoms with Crippen LogP contribution < -0.4 is 15.6 Å². The number of aromatic amines is 1. The summed E-state index contributed by atoms with van der Waals surface area (Å²) >= 11 is 0. The highest BCUT2D eigenvalue weighted by atomic mass is 16.5. The number of methoxy groups -OCH3 is 1. The van der Waals surface area contributed by atoms with Gasteiger partial charge in [-0.1, -0.05) is 0 Å². The third-order valence-electron chi connectivity index (χ3n) is 4.41. The van der Waals surface area contributed by atoms with Crippen molar-refractivity contribution in [1.29, 1.82) is 0 Å². The molecule has 0 fully saturated rings. The van der Waals surface area contributed by atoms with Gasteiger partial charge >= 0.3 is 0 Å². The first kappa shape index (κ1) is 17.7. The summed E-state index contributed by atoms with van der Waals surface area (Å²) in [6.45, 7) is 3.79. The topological polar surface area (TPSA) is 102 Å². The molecule has 26 heavy (non-hydrogen) atoms. The van der Waals surface area contributed by atoms with Crippen LogP contribution in [-0.2, 0) is 18.3 Å². The Kier molecular flexibility index (Phi) is 4.75. The summed E-state index contributed by atoms with van der Waals surface area (Å²) in [5, 5.41) is 7.99. The van der Waals surface area contributed by atoms with Gasteiger partial charge in [0.25, 0.3) is 5.56 Å². The van der Waals surface area contributed by atoms with E-state index < -0.39 is 0 Å². The molecule has 0 aromatic carbocycles. The highest BCUT2D eigenvalue weighted by Gasteiger charge is 2.16. The van der Waals surface area contributed by atoms with Crippen LogP contribution in [0.25, 0.3) is 11.0 Å². The van der Waals surface area contributed by atoms with Gasteiger partial charge < -0.3 is 15.0 Å². The molecule has 3 rings (SSSR count). The largest absolute Gasteiger partial charge is 0.493 e. The minimum atomic E-state index is -0.233. The summed E-state index contributed by atoms with van der Waals surface area (Å²) in [6.07, 6.45) is 2.06. The number of anilines is 1. The highest BCUT2D eigenvalue weighted by Crippen LogP contribution is 2.22. The van der Waals surface area contributed by atoms with Crippen molar-refractivity contribution in [2.24, 2.45) is 7.05 Å². The lowest BCUT2D eigenvalue weighted by molar-refractivity contribution is -0.116. The average Bonchev–Trinajstić information content (AvgIpc) is 2.89. The zero-order valence-corrected chi connectivity index (χ0v) is 15.2. The number of aromatic nitrogens is 4. The summed E-state index contributed by atoms with van der Waals surface area (Å²) in [5.41, 5.74) is 2.80. The Morgan fingerprint density at radius 1 is 1.38 bits per heavy atom. The molecule has 0 radical (unpaired) electrons. The van der Waals surface area contributed by atoms with E-state index in [0.29, 0.717) is 29.2 Å². The zero-order valence-electron chi connectivity index (χ0n) is 15.2. The molecule has 136 valence electrons. The number of nitrogens with one attached hydrogen (secondary N) is 2. The minimum absolute atomic E-state index is 0.161. The fourth-order valence-electron chi connectivity index (χ4n) is 3.14. The van der Waals surface area contributed by atoms with Crippen LogP contribution in [0.1, 0.15) is 23.2 Å². The van der Waals surface area contributed by atoms with Gasteiger partial charge in [0.05, 0.1) is 12.8 Å². The van der Waals surface area contributed by atoms with Crippen molar-refractivity contribution < 1.29 is 9.53 Å². The number of rotatable bonds is 5. The number of ether oxygens (including phenoxy) is 1. The summed E-state index contributed by atoms with van der Waals surface area (Å²) in [4.78, 5) is 31.7. The summed E-state index contributed by atoms with van der Waals surface area (Å²) in [5.74, 6) is 0.621. The lowest BCUT2D eigenvalue weighted by Gasteiger charge is -2.09. The standard InChI is InChI=1S/C18H21N5O3/c1-10-12(18(25)21-17-15(10)11(2)22-23(17)3)7-8-14(24)20-16-13(26-4)6-5-9-19-16/h5-6,9H,7-8H2,1-4H3,(H,21,25)(H,19,20,24). The van der Waals surface area contributed by atoms with E-state index >= 15 is 0 Å². The quantitative estimate of drug-likeness (QED) is 0.727. The van der Waals surface area contributed by atoms with Crippen molar-refractivity contribution in [2.45, 2.75) is 26.7 Å². The smallest absolute Gasteiger partial charge is 0.253 e. The molecular weight excluding hydrogens is 334 g/mol.